The van der Waals surface area contributed by atoms with Gasteiger partial charge < -0.3 is 24.4 Å². The first-order chi connectivity index (χ1) is 13.6. The molecule has 0 bridgehead atoms. The van der Waals surface area contributed by atoms with Crippen LogP contribution in [0, 0.1) is 0 Å². The van der Waals surface area contributed by atoms with Crippen LogP contribution in [0.1, 0.15) is 17.5 Å². The number of carbonyl (C=O) groups is 1. The van der Waals surface area contributed by atoms with Crippen molar-refractivity contribution in [3.63, 3.8) is 0 Å². The topological polar surface area (TPSA) is 78.4 Å². The fourth-order valence-corrected chi connectivity index (χ4v) is 2.95. The van der Waals surface area contributed by atoms with E-state index < -0.39 is 6.10 Å². The number of oxime groups is 1. The molecule has 1 N–H and O–H groups in total. The molecule has 0 saturated carbocycles. The van der Waals surface area contributed by atoms with Crippen molar-refractivity contribution in [2.75, 3.05) is 27.9 Å². The minimum atomic E-state index is -0.609. The van der Waals surface area contributed by atoms with Crippen molar-refractivity contribution in [3.8, 4) is 17.2 Å². The number of ether oxygens (including phenoxy) is 3. The Balaban J connectivity index is 1.48. The summed E-state index contributed by atoms with van der Waals surface area (Å²) in [6, 6.07) is 13.2. The van der Waals surface area contributed by atoms with Gasteiger partial charge in [0.2, 0.25) is 6.10 Å². The SMILES string of the molecule is COc1ccc(C2=NO[C@@H](C(=O)NCCc3ccc(OC)c(OC)c3)C2)cc1. The molecule has 1 heterocycles. The van der Waals surface area contributed by atoms with Crippen molar-refractivity contribution < 1.29 is 23.8 Å². The molecule has 0 spiro atoms. The highest BCUT2D eigenvalue weighted by atomic mass is 16.6. The first kappa shape index (κ1) is 19.5. The van der Waals surface area contributed by atoms with Crippen LogP contribution in [0.2, 0.25) is 0 Å². The van der Waals surface area contributed by atoms with E-state index in [1.54, 1.807) is 21.3 Å². The Labute approximate surface area is 164 Å². The van der Waals surface area contributed by atoms with Gasteiger partial charge in [0.1, 0.15) is 5.75 Å². The maximum absolute atomic E-state index is 12.4. The van der Waals surface area contributed by atoms with Gasteiger partial charge in [-0.25, -0.2) is 0 Å². The minimum Gasteiger partial charge on any atom is -0.497 e. The number of nitrogens with one attached hydrogen (secondary N) is 1. The predicted molar refractivity (Wildman–Crippen MR) is 105 cm³/mol. The normalized spacial score (nSPS) is 15.4. The van der Waals surface area contributed by atoms with Crippen LogP contribution >= 0.6 is 0 Å². The molecule has 1 aliphatic rings. The predicted octanol–water partition coefficient (Wildman–Crippen LogP) is 2.56. The van der Waals surface area contributed by atoms with Crippen LogP contribution in [0.5, 0.6) is 17.2 Å². The van der Waals surface area contributed by atoms with Gasteiger partial charge in [0.05, 0.1) is 27.0 Å². The van der Waals surface area contributed by atoms with Crippen LogP contribution in [0.3, 0.4) is 0 Å². The van der Waals surface area contributed by atoms with Crippen LogP contribution in [-0.2, 0) is 16.1 Å². The maximum Gasteiger partial charge on any atom is 0.264 e. The molecule has 0 aliphatic carbocycles. The monoisotopic (exact) mass is 384 g/mol. The summed E-state index contributed by atoms with van der Waals surface area (Å²) in [5.74, 6) is 1.95. The maximum atomic E-state index is 12.4. The molecular weight excluding hydrogens is 360 g/mol. The molecule has 7 nitrogen and oxygen atoms in total. The molecule has 0 unspecified atom stereocenters. The standard InChI is InChI=1S/C21H24N2O5/c1-25-16-7-5-15(6-8-16)17-13-20(28-23-17)21(24)22-11-10-14-4-9-18(26-2)19(12-14)27-3/h4-9,12,20H,10-11,13H2,1-3H3,(H,22,24)/t20-/m1/s1. The molecule has 0 aromatic heterocycles. The van der Waals surface area contributed by atoms with E-state index in [-0.39, 0.29) is 5.91 Å². The van der Waals surface area contributed by atoms with Crippen LogP contribution < -0.4 is 19.5 Å². The van der Waals surface area contributed by atoms with E-state index >= 15 is 0 Å². The van der Waals surface area contributed by atoms with Crippen LogP contribution in [0.25, 0.3) is 0 Å². The number of hydrogen-bond acceptors (Lipinski definition) is 6. The molecule has 0 radical (unpaired) electrons. The van der Waals surface area contributed by atoms with E-state index in [1.165, 1.54) is 0 Å². The Hall–Kier alpha value is -3.22. The Morgan fingerprint density at radius 3 is 2.50 bits per heavy atom. The number of benzene rings is 2. The van der Waals surface area contributed by atoms with Crippen molar-refractivity contribution in [1.82, 2.24) is 5.32 Å². The lowest BCUT2D eigenvalue weighted by Gasteiger charge is -2.11. The molecule has 2 aromatic carbocycles. The molecular formula is C21H24N2O5. The molecule has 7 heteroatoms. The van der Waals surface area contributed by atoms with E-state index in [0.29, 0.717) is 30.9 Å². The summed E-state index contributed by atoms with van der Waals surface area (Å²) in [5, 5.41) is 6.96. The summed E-state index contributed by atoms with van der Waals surface area (Å²) in [6.07, 6.45) is 0.502. The highest BCUT2D eigenvalue weighted by molar-refractivity contribution is 6.04. The zero-order valence-corrected chi connectivity index (χ0v) is 16.2. The van der Waals surface area contributed by atoms with Crippen LogP contribution in [0.4, 0.5) is 0 Å². The van der Waals surface area contributed by atoms with Crippen molar-refractivity contribution in [2.45, 2.75) is 18.9 Å². The summed E-state index contributed by atoms with van der Waals surface area (Å²) in [6.45, 7) is 0.492. The zero-order valence-electron chi connectivity index (χ0n) is 16.2. The lowest BCUT2D eigenvalue weighted by molar-refractivity contribution is -0.131. The highest BCUT2D eigenvalue weighted by Crippen LogP contribution is 2.27. The lowest BCUT2D eigenvalue weighted by atomic mass is 10.0. The summed E-state index contributed by atoms with van der Waals surface area (Å²) in [5.41, 5.74) is 2.71. The van der Waals surface area contributed by atoms with E-state index in [0.717, 1.165) is 22.6 Å². The number of nitrogens with zero attached hydrogens (tertiary/aromatic N) is 1. The van der Waals surface area contributed by atoms with Crippen molar-refractivity contribution in [3.05, 3.63) is 53.6 Å². The van der Waals surface area contributed by atoms with Crippen molar-refractivity contribution >= 4 is 11.6 Å². The lowest BCUT2D eigenvalue weighted by Crippen LogP contribution is -2.36. The minimum absolute atomic E-state index is 0.173. The number of carbonyl (C=O) groups excluding carboxylic acids is 1. The average Bonchev–Trinajstić information content (AvgIpc) is 3.24. The second-order valence-corrected chi connectivity index (χ2v) is 6.30. The summed E-state index contributed by atoms with van der Waals surface area (Å²) < 4.78 is 15.7. The van der Waals surface area contributed by atoms with Gasteiger partial charge in [-0.15, -0.1) is 0 Å². The Morgan fingerprint density at radius 1 is 1.07 bits per heavy atom. The first-order valence-electron chi connectivity index (χ1n) is 9.00. The Bertz CT molecular complexity index is 848. The number of methoxy groups -OCH3 is 3. The molecule has 0 fully saturated rings. The van der Waals surface area contributed by atoms with Crippen molar-refractivity contribution in [1.29, 1.82) is 0 Å². The third kappa shape index (κ3) is 4.54. The first-order valence-corrected chi connectivity index (χ1v) is 9.00. The second kappa shape index (κ2) is 9.12. The number of rotatable bonds is 8. The van der Waals surface area contributed by atoms with Gasteiger partial charge in [0.25, 0.3) is 5.91 Å². The van der Waals surface area contributed by atoms with E-state index in [1.807, 2.05) is 42.5 Å². The Morgan fingerprint density at radius 2 is 1.82 bits per heavy atom. The summed E-state index contributed by atoms with van der Waals surface area (Å²) >= 11 is 0. The second-order valence-electron chi connectivity index (χ2n) is 6.30. The van der Waals surface area contributed by atoms with E-state index in [9.17, 15) is 4.79 Å². The fourth-order valence-electron chi connectivity index (χ4n) is 2.95. The molecule has 1 atom stereocenters. The largest absolute Gasteiger partial charge is 0.497 e. The molecule has 148 valence electrons. The van der Waals surface area contributed by atoms with E-state index in [4.69, 9.17) is 19.0 Å². The van der Waals surface area contributed by atoms with E-state index in [2.05, 4.69) is 10.5 Å². The van der Waals surface area contributed by atoms with Gasteiger partial charge in [0, 0.05) is 13.0 Å². The molecule has 2 aromatic rings. The molecule has 1 amide bonds. The van der Waals surface area contributed by atoms with Crippen molar-refractivity contribution in [2.24, 2.45) is 5.16 Å². The highest BCUT2D eigenvalue weighted by Gasteiger charge is 2.28. The number of hydrogen-bond donors (Lipinski definition) is 1. The Kier molecular flexibility index (Phi) is 6.37. The molecule has 28 heavy (non-hydrogen) atoms. The van der Waals surface area contributed by atoms with Gasteiger partial charge >= 0.3 is 0 Å². The summed E-state index contributed by atoms with van der Waals surface area (Å²) in [4.78, 5) is 17.7. The molecule has 1 aliphatic heterocycles. The van der Waals surface area contributed by atoms with Crippen LogP contribution in [-0.4, -0.2) is 45.6 Å². The smallest absolute Gasteiger partial charge is 0.264 e. The third-order valence-electron chi connectivity index (χ3n) is 4.55. The number of amides is 1. The quantitative estimate of drug-likeness (QED) is 0.757. The fraction of sp³-hybridized carbons (Fsp3) is 0.333. The zero-order chi connectivity index (χ0) is 19.9. The average molecular weight is 384 g/mol. The van der Waals surface area contributed by atoms with Gasteiger partial charge in [-0.05, 0) is 53.9 Å². The molecule has 0 saturated heterocycles. The van der Waals surface area contributed by atoms with Gasteiger partial charge in [-0.1, -0.05) is 11.2 Å². The molecule has 3 rings (SSSR count). The van der Waals surface area contributed by atoms with Gasteiger partial charge in [-0.3, -0.25) is 4.79 Å². The van der Waals surface area contributed by atoms with Gasteiger partial charge in [0.15, 0.2) is 11.5 Å². The third-order valence-corrected chi connectivity index (χ3v) is 4.55. The van der Waals surface area contributed by atoms with Gasteiger partial charge in [-0.2, -0.15) is 0 Å². The summed E-state index contributed by atoms with van der Waals surface area (Å²) in [7, 11) is 4.82. The van der Waals surface area contributed by atoms with Crippen LogP contribution in [0.15, 0.2) is 47.6 Å².